The van der Waals surface area contributed by atoms with E-state index in [1.165, 1.54) is 11.0 Å². The van der Waals surface area contributed by atoms with E-state index in [0.29, 0.717) is 17.9 Å². The molecule has 0 heterocycles. The number of rotatable bonds is 8. The summed E-state index contributed by atoms with van der Waals surface area (Å²) in [5, 5.41) is 2.72. The molecule has 0 saturated carbocycles. The van der Waals surface area contributed by atoms with Crippen molar-refractivity contribution in [1.82, 2.24) is 10.2 Å². The minimum atomic E-state index is -0.765. The highest BCUT2D eigenvalue weighted by Gasteiger charge is 2.27. The SMILES string of the molecule is CCNC(=O)C(C)N(Cc1ccccc1F)C(=O)COc1ccccc1C(C)(C)C. The normalized spacial score (nSPS) is 12.2. The zero-order valence-electron chi connectivity index (χ0n) is 18.4. The van der Waals surface area contributed by atoms with Crippen LogP contribution >= 0.6 is 0 Å². The second kappa shape index (κ2) is 10.2. The number of carbonyl (C=O) groups is 2. The third-order valence-electron chi connectivity index (χ3n) is 4.86. The number of para-hydroxylation sites is 1. The Morgan fingerprint density at radius 2 is 1.73 bits per heavy atom. The highest BCUT2D eigenvalue weighted by molar-refractivity contribution is 5.87. The smallest absolute Gasteiger partial charge is 0.261 e. The number of ether oxygens (including phenoxy) is 1. The van der Waals surface area contributed by atoms with Crippen LogP contribution < -0.4 is 10.1 Å². The van der Waals surface area contributed by atoms with Gasteiger partial charge in [0.1, 0.15) is 17.6 Å². The molecule has 0 fully saturated rings. The van der Waals surface area contributed by atoms with Crippen LogP contribution in [0, 0.1) is 5.82 Å². The van der Waals surface area contributed by atoms with Crippen molar-refractivity contribution in [2.75, 3.05) is 13.2 Å². The van der Waals surface area contributed by atoms with Gasteiger partial charge in [0.25, 0.3) is 5.91 Å². The molecular formula is C24H31FN2O3. The Kier molecular flexibility index (Phi) is 7.98. The molecule has 2 amide bonds. The van der Waals surface area contributed by atoms with E-state index < -0.39 is 11.9 Å². The fourth-order valence-electron chi connectivity index (χ4n) is 3.15. The van der Waals surface area contributed by atoms with E-state index in [4.69, 9.17) is 4.74 Å². The van der Waals surface area contributed by atoms with Crippen LogP contribution in [0.3, 0.4) is 0 Å². The maximum absolute atomic E-state index is 14.2. The molecule has 162 valence electrons. The zero-order valence-corrected chi connectivity index (χ0v) is 18.4. The molecule has 0 radical (unpaired) electrons. The Labute approximate surface area is 178 Å². The van der Waals surface area contributed by atoms with Gasteiger partial charge in [-0.25, -0.2) is 4.39 Å². The lowest BCUT2D eigenvalue weighted by molar-refractivity contribution is -0.142. The van der Waals surface area contributed by atoms with Gasteiger partial charge < -0.3 is 15.0 Å². The molecule has 0 bridgehead atoms. The first kappa shape index (κ1) is 23.4. The summed E-state index contributed by atoms with van der Waals surface area (Å²) in [7, 11) is 0. The summed E-state index contributed by atoms with van der Waals surface area (Å²) >= 11 is 0. The molecule has 1 atom stereocenters. The first-order valence-corrected chi connectivity index (χ1v) is 10.2. The lowest BCUT2D eigenvalue weighted by atomic mass is 9.86. The Bertz CT molecular complexity index is 877. The van der Waals surface area contributed by atoms with Crippen LogP contribution in [-0.4, -0.2) is 35.9 Å². The molecule has 0 spiro atoms. The van der Waals surface area contributed by atoms with E-state index in [9.17, 15) is 14.0 Å². The van der Waals surface area contributed by atoms with Gasteiger partial charge in [0.2, 0.25) is 5.91 Å². The van der Waals surface area contributed by atoms with Crippen LogP contribution in [0.15, 0.2) is 48.5 Å². The van der Waals surface area contributed by atoms with Gasteiger partial charge in [-0.05, 0) is 37.0 Å². The molecule has 0 aromatic heterocycles. The molecule has 0 aliphatic heterocycles. The number of halogens is 1. The number of amides is 2. The number of nitrogens with zero attached hydrogens (tertiary/aromatic N) is 1. The number of nitrogens with one attached hydrogen (secondary N) is 1. The second-order valence-electron chi connectivity index (χ2n) is 8.22. The summed E-state index contributed by atoms with van der Waals surface area (Å²) in [6.45, 7) is 9.82. The average molecular weight is 415 g/mol. The molecule has 0 aliphatic rings. The van der Waals surface area contributed by atoms with Crippen LogP contribution in [0.25, 0.3) is 0 Å². The van der Waals surface area contributed by atoms with E-state index >= 15 is 0 Å². The zero-order chi connectivity index (χ0) is 22.3. The topological polar surface area (TPSA) is 58.6 Å². The van der Waals surface area contributed by atoms with Gasteiger partial charge in [-0.1, -0.05) is 57.2 Å². The molecular weight excluding hydrogens is 383 g/mol. The molecule has 5 nitrogen and oxygen atoms in total. The van der Waals surface area contributed by atoms with E-state index in [1.54, 1.807) is 32.0 Å². The third kappa shape index (κ3) is 6.05. The highest BCUT2D eigenvalue weighted by Crippen LogP contribution is 2.31. The minimum Gasteiger partial charge on any atom is -0.483 e. The lowest BCUT2D eigenvalue weighted by Crippen LogP contribution is -2.49. The highest BCUT2D eigenvalue weighted by atomic mass is 19.1. The van der Waals surface area contributed by atoms with Crippen LogP contribution in [0.2, 0.25) is 0 Å². The van der Waals surface area contributed by atoms with Gasteiger partial charge in [0.05, 0.1) is 0 Å². The predicted molar refractivity (Wildman–Crippen MR) is 116 cm³/mol. The number of benzene rings is 2. The summed E-state index contributed by atoms with van der Waals surface area (Å²) in [6, 6.07) is 13.0. The molecule has 30 heavy (non-hydrogen) atoms. The van der Waals surface area contributed by atoms with Crippen LogP contribution in [0.5, 0.6) is 5.75 Å². The first-order valence-electron chi connectivity index (χ1n) is 10.2. The third-order valence-corrected chi connectivity index (χ3v) is 4.86. The molecule has 1 unspecified atom stereocenters. The summed E-state index contributed by atoms with van der Waals surface area (Å²) in [5.74, 6) is -0.481. The monoisotopic (exact) mass is 414 g/mol. The van der Waals surface area contributed by atoms with E-state index in [2.05, 4.69) is 26.1 Å². The largest absolute Gasteiger partial charge is 0.483 e. The number of carbonyl (C=O) groups excluding carboxylic acids is 2. The van der Waals surface area contributed by atoms with Gasteiger partial charge in [0.15, 0.2) is 6.61 Å². The quantitative estimate of drug-likeness (QED) is 0.709. The van der Waals surface area contributed by atoms with E-state index in [-0.39, 0.29) is 30.4 Å². The van der Waals surface area contributed by atoms with Crippen molar-refractivity contribution in [2.24, 2.45) is 0 Å². The predicted octanol–water partition coefficient (Wildman–Crippen LogP) is 4.06. The van der Waals surface area contributed by atoms with Gasteiger partial charge in [-0.3, -0.25) is 9.59 Å². The van der Waals surface area contributed by atoms with Gasteiger partial charge in [-0.2, -0.15) is 0 Å². The van der Waals surface area contributed by atoms with Crippen molar-refractivity contribution in [3.05, 3.63) is 65.5 Å². The van der Waals surface area contributed by atoms with Gasteiger partial charge >= 0.3 is 0 Å². The minimum absolute atomic E-state index is 0.0198. The van der Waals surface area contributed by atoms with E-state index in [1.807, 2.05) is 24.3 Å². The summed E-state index contributed by atoms with van der Waals surface area (Å²) in [5.41, 5.74) is 1.17. The molecule has 2 aromatic rings. The van der Waals surface area contributed by atoms with Crippen LogP contribution in [0.4, 0.5) is 4.39 Å². The second-order valence-corrected chi connectivity index (χ2v) is 8.22. The Morgan fingerprint density at radius 3 is 2.37 bits per heavy atom. The van der Waals surface area contributed by atoms with Crippen molar-refractivity contribution in [3.8, 4) is 5.75 Å². The Hall–Kier alpha value is -2.89. The first-order chi connectivity index (χ1) is 14.1. The van der Waals surface area contributed by atoms with E-state index in [0.717, 1.165) is 5.56 Å². The number of hydrogen-bond donors (Lipinski definition) is 1. The molecule has 2 aromatic carbocycles. The summed E-state index contributed by atoms with van der Waals surface area (Å²) in [4.78, 5) is 26.8. The molecule has 2 rings (SSSR count). The van der Waals surface area contributed by atoms with Crippen LogP contribution in [-0.2, 0) is 21.5 Å². The van der Waals surface area contributed by atoms with Crippen molar-refractivity contribution in [2.45, 2.75) is 52.6 Å². The Morgan fingerprint density at radius 1 is 1.10 bits per heavy atom. The fourth-order valence-corrected chi connectivity index (χ4v) is 3.15. The van der Waals surface area contributed by atoms with Crippen LogP contribution in [0.1, 0.15) is 45.7 Å². The Balaban J connectivity index is 2.23. The maximum atomic E-state index is 14.2. The van der Waals surface area contributed by atoms with Crippen molar-refractivity contribution in [3.63, 3.8) is 0 Å². The molecule has 1 N–H and O–H groups in total. The van der Waals surface area contributed by atoms with Crippen molar-refractivity contribution < 1.29 is 18.7 Å². The summed E-state index contributed by atoms with van der Waals surface area (Å²) < 4.78 is 20.0. The van der Waals surface area contributed by atoms with Gasteiger partial charge in [-0.15, -0.1) is 0 Å². The molecule has 0 aliphatic carbocycles. The maximum Gasteiger partial charge on any atom is 0.261 e. The molecule has 6 heteroatoms. The van der Waals surface area contributed by atoms with Crippen molar-refractivity contribution in [1.29, 1.82) is 0 Å². The van der Waals surface area contributed by atoms with Crippen molar-refractivity contribution >= 4 is 11.8 Å². The summed E-state index contributed by atoms with van der Waals surface area (Å²) in [6.07, 6.45) is 0. The number of likely N-dealkylation sites (N-methyl/N-ethyl adjacent to an activating group) is 1. The average Bonchev–Trinajstić information content (AvgIpc) is 2.70. The van der Waals surface area contributed by atoms with Gasteiger partial charge in [0, 0.05) is 18.7 Å². The number of hydrogen-bond acceptors (Lipinski definition) is 3. The molecule has 0 saturated heterocycles. The fraction of sp³-hybridized carbons (Fsp3) is 0.417. The standard InChI is InChI=1S/C24H31FN2O3/c1-6-26-23(29)17(2)27(15-18-11-7-9-13-20(18)25)22(28)16-30-21-14-10-8-12-19(21)24(3,4)5/h7-14,17H,6,15-16H2,1-5H3,(H,26,29). The lowest BCUT2D eigenvalue weighted by Gasteiger charge is -2.29.